The molecular weight excluding hydrogens is 348 g/mol. The van der Waals surface area contributed by atoms with E-state index in [1.165, 1.54) is 12.1 Å². The number of unbranched alkanes of at least 4 members (excludes halogenated alkanes) is 1. The van der Waals surface area contributed by atoms with Gasteiger partial charge in [0.25, 0.3) is 5.91 Å². The summed E-state index contributed by atoms with van der Waals surface area (Å²) in [6, 6.07) is 8.06. The number of aromatic hydroxyl groups is 1. The molecule has 1 aliphatic rings. The number of anilines is 1. The number of aromatic nitrogens is 1. The molecule has 0 unspecified atom stereocenters. The number of nitrogens with zero attached hydrogens (tertiary/aromatic N) is 3. The van der Waals surface area contributed by atoms with Crippen LogP contribution in [-0.4, -0.2) is 37.6 Å². The maximum atomic E-state index is 11.9. The normalized spacial score (nSPS) is 15.8. The van der Waals surface area contributed by atoms with Crippen LogP contribution in [0.2, 0.25) is 0 Å². The van der Waals surface area contributed by atoms with Crippen molar-refractivity contribution < 1.29 is 23.1 Å². The van der Waals surface area contributed by atoms with E-state index >= 15 is 0 Å². The van der Waals surface area contributed by atoms with E-state index in [2.05, 4.69) is 4.98 Å². The van der Waals surface area contributed by atoms with Crippen molar-refractivity contribution in [2.75, 3.05) is 17.5 Å². The Hall–Kier alpha value is -3.06. The van der Waals surface area contributed by atoms with E-state index in [1.807, 2.05) is 10.8 Å². The van der Waals surface area contributed by atoms with E-state index < -0.39 is 22.7 Å². The first-order valence-electron chi connectivity index (χ1n) is 7.37. The molecule has 0 spiro atoms. The fourth-order valence-corrected chi connectivity index (χ4v) is 3.55. The molecule has 0 aliphatic carbocycles. The summed E-state index contributed by atoms with van der Waals surface area (Å²) in [5, 5.41) is 19.2. The van der Waals surface area contributed by atoms with E-state index in [4.69, 9.17) is 10.00 Å². The number of benzene rings is 1. The van der Waals surface area contributed by atoms with Crippen LogP contribution in [0.4, 0.5) is 5.69 Å². The summed E-state index contributed by atoms with van der Waals surface area (Å²) in [6.45, 7) is -0.0817. The maximum Gasteiger partial charge on any atom is 0.326 e. The van der Waals surface area contributed by atoms with Crippen molar-refractivity contribution >= 4 is 32.7 Å². The number of fused-ring (bicyclic) bond motifs is 1. The lowest BCUT2D eigenvalue weighted by molar-refractivity contribution is -0.117. The van der Waals surface area contributed by atoms with Gasteiger partial charge in [-0.05, 0) is 24.6 Å². The van der Waals surface area contributed by atoms with E-state index in [9.17, 15) is 18.3 Å². The number of ether oxygens (including phenoxy) is 1. The Kier molecular flexibility index (Phi) is 4.33. The second-order valence-electron chi connectivity index (χ2n) is 5.33. The van der Waals surface area contributed by atoms with Crippen LogP contribution in [0.15, 0.2) is 24.3 Å². The van der Waals surface area contributed by atoms with Gasteiger partial charge in [0.15, 0.2) is 0 Å². The highest BCUT2D eigenvalue weighted by molar-refractivity contribution is 7.92. The molecule has 1 saturated heterocycles. The first kappa shape index (κ1) is 16.8. The Balaban J connectivity index is 1.94. The standard InChI is InChI=1S/C15H14N4O5S/c16-5-1-2-6-24-15-4-3-10-7-13(20)12(8-11(10)17-15)19-9-14(21)18-25(19,22)23/h3-4,7-8,20H,1-2,6,9H2,(H,18,21). The number of phenols is 1. The smallest absolute Gasteiger partial charge is 0.326 e. The Morgan fingerprint density at radius 1 is 1.40 bits per heavy atom. The minimum atomic E-state index is -4.03. The Bertz CT molecular complexity index is 983. The van der Waals surface area contributed by atoms with E-state index in [-0.39, 0.29) is 11.4 Å². The van der Waals surface area contributed by atoms with Gasteiger partial charge in [0.2, 0.25) is 5.88 Å². The molecule has 1 fully saturated rings. The molecule has 1 amide bonds. The number of pyridine rings is 1. The van der Waals surface area contributed by atoms with Crippen molar-refractivity contribution in [3.63, 3.8) is 0 Å². The highest BCUT2D eigenvalue weighted by atomic mass is 32.2. The van der Waals surface area contributed by atoms with Gasteiger partial charge in [-0.1, -0.05) is 0 Å². The molecule has 2 N–H and O–H groups in total. The SMILES string of the molecule is N#CCCCOc1ccc2cc(O)c(N3CC(=O)NS3(=O)=O)cc2n1. The van der Waals surface area contributed by atoms with Crippen LogP contribution < -0.4 is 13.8 Å². The number of amides is 1. The Labute approximate surface area is 143 Å². The van der Waals surface area contributed by atoms with E-state index in [1.54, 1.807) is 12.1 Å². The molecule has 9 nitrogen and oxygen atoms in total. The van der Waals surface area contributed by atoms with Crippen molar-refractivity contribution in [3.05, 3.63) is 24.3 Å². The van der Waals surface area contributed by atoms with Gasteiger partial charge in [-0.25, -0.2) is 14.0 Å². The third-order valence-corrected chi connectivity index (χ3v) is 4.92. The first-order valence-corrected chi connectivity index (χ1v) is 8.81. The van der Waals surface area contributed by atoms with Gasteiger partial charge in [-0.2, -0.15) is 13.7 Å². The predicted molar refractivity (Wildman–Crippen MR) is 88.2 cm³/mol. The molecule has 0 bridgehead atoms. The summed E-state index contributed by atoms with van der Waals surface area (Å²) < 4.78 is 32.0. The number of carbonyl (C=O) groups is 1. The Morgan fingerprint density at radius 3 is 2.88 bits per heavy atom. The summed E-state index contributed by atoms with van der Waals surface area (Å²) in [5.74, 6) is -0.639. The second-order valence-corrected chi connectivity index (χ2v) is 6.93. The minimum absolute atomic E-state index is 0.0417. The second kappa shape index (κ2) is 6.45. The molecule has 3 rings (SSSR count). The van der Waals surface area contributed by atoms with Gasteiger partial charge in [0, 0.05) is 17.9 Å². The molecule has 0 radical (unpaired) electrons. The van der Waals surface area contributed by atoms with Crippen molar-refractivity contribution in [1.29, 1.82) is 5.26 Å². The van der Waals surface area contributed by atoms with Crippen LogP contribution >= 0.6 is 0 Å². The van der Waals surface area contributed by atoms with Crippen LogP contribution in [0.5, 0.6) is 11.6 Å². The summed E-state index contributed by atoms with van der Waals surface area (Å²) in [6.07, 6.45) is 0.941. The monoisotopic (exact) mass is 362 g/mol. The summed E-state index contributed by atoms with van der Waals surface area (Å²) in [4.78, 5) is 15.6. The lowest BCUT2D eigenvalue weighted by atomic mass is 10.2. The van der Waals surface area contributed by atoms with Gasteiger partial charge in [0.05, 0.1) is 23.9 Å². The van der Waals surface area contributed by atoms with Crippen LogP contribution in [0.25, 0.3) is 10.9 Å². The first-order chi connectivity index (χ1) is 11.9. The molecule has 1 aromatic heterocycles. The maximum absolute atomic E-state index is 11.9. The molecule has 10 heteroatoms. The van der Waals surface area contributed by atoms with Crippen LogP contribution in [0, 0.1) is 11.3 Å². The molecule has 2 heterocycles. The number of nitriles is 1. The van der Waals surface area contributed by atoms with Crippen molar-refractivity contribution in [1.82, 2.24) is 9.71 Å². The molecule has 1 aromatic carbocycles. The quantitative estimate of drug-likeness (QED) is 0.752. The molecule has 2 aromatic rings. The van der Waals surface area contributed by atoms with Crippen LogP contribution in [0.1, 0.15) is 12.8 Å². The van der Waals surface area contributed by atoms with Crippen LogP contribution in [-0.2, 0) is 15.0 Å². The summed E-state index contributed by atoms with van der Waals surface area (Å²) in [7, 11) is -4.03. The van der Waals surface area contributed by atoms with Crippen molar-refractivity contribution in [2.24, 2.45) is 0 Å². The number of carbonyl (C=O) groups excluding carboxylic acids is 1. The molecule has 0 atom stereocenters. The van der Waals surface area contributed by atoms with E-state index in [0.717, 1.165) is 4.31 Å². The lowest BCUT2D eigenvalue weighted by Crippen LogP contribution is -2.29. The zero-order valence-corrected chi connectivity index (χ0v) is 13.8. The van der Waals surface area contributed by atoms with Crippen LogP contribution in [0.3, 0.4) is 0 Å². The predicted octanol–water partition coefficient (Wildman–Crippen LogP) is 0.804. The zero-order valence-electron chi connectivity index (χ0n) is 13.0. The van der Waals surface area contributed by atoms with Crippen molar-refractivity contribution in [3.8, 4) is 17.7 Å². The van der Waals surface area contributed by atoms with Crippen molar-refractivity contribution in [2.45, 2.75) is 12.8 Å². The van der Waals surface area contributed by atoms with Gasteiger partial charge in [-0.15, -0.1) is 0 Å². The molecule has 25 heavy (non-hydrogen) atoms. The average molecular weight is 362 g/mol. The minimum Gasteiger partial charge on any atom is -0.506 e. The molecule has 1 aliphatic heterocycles. The zero-order chi connectivity index (χ0) is 18.0. The summed E-state index contributed by atoms with van der Waals surface area (Å²) in [5.41, 5.74) is 0.361. The summed E-state index contributed by atoms with van der Waals surface area (Å²) >= 11 is 0. The van der Waals surface area contributed by atoms with Gasteiger partial charge in [-0.3, -0.25) is 4.79 Å². The van der Waals surface area contributed by atoms with E-state index in [0.29, 0.717) is 36.2 Å². The highest BCUT2D eigenvalue weighted by Crippen LogP contribution is 2.34. The molecular formula is C15H14N4O5S. The third kappa shape index (κ3) is 3.41. The average Bonchev–Trinajstić information content (AvgIpc) is 2.83. The number of hydrogen-bond acceptors (Lipinski definition) is 7. The number of phenolic OH excluding ortho intramolecular Hbond substituents is 1. The highest BCUT2D eigenvalue weighted by Gasteiger charge is 2.35. The van der Waals surface area contributed by atoms with Gasteiger partial charge < -0.3 is 9.84 Å². The lowest BCUT2D eigenvalue weighted by Gasteiger charge is -2.16. The molecule has 0 saturated carbocycles. The number of hydrogen-bond donors (Lipinski definition) is 2. The largest absolute Gasteiger partial charge is 0.506 e. The number of rotatable bonds is 5. The van der Waals surface area contributed by atoms with Gasteiger partial charge in [0.1, 0.15) is 12.3 Å². The fourth-order valence-electron chi connectivity index (χ4n) is 2.40. The topological polar surface area (TPSA) is 133 Å². The molecule has 130 valence electrons. The third-order valence-electron chi connectivity index (χ3n) is 3.53. The fraction of sp³-hybridized carbons (Fsp3) is 0.267. The van der Waals surface area contributed by atoms with Gasteiger partial charge >= 0.3 is 10.2 Å². The Morgan fingerprint density at radius 2 is 2.20 bits per heavy atom. The number of nitrogens with one attached hydrogen (secondary N) is 1.